The van der Waals surface area contributed by atoms with Crippen molar-refractivity contribution in [2.24, 2.45) is 5.18 Å². The van der Waals surface area contributed by atoms with Crippen molar-refractivity contribution in [2.45, 2.75) is 36.2 Å². The lowest BCUT2D eigenvalue weighted by Crippen LogP contribution is -2.16. The van der Waals surface area contributed by atoms with Gasteiger partial charge in [-0.25, -0.2) is 0 Å². The van der Waals surface area contributed by atoms with Crippen molar-refractivity contribution in [1.29, 1.82) is 5.26 Å². The monoisotopic (exact) mass is 351 g/mol. The first-order valence-corrected chi connectivity index (χ1v) is 8.55. The van der Waals surface area contributed by atoms with Crippen LogP contribution in [0.2, 0.25) is 0 Å². The second-order valence-corrected chi connectivity index (χ2v) is 7.49. The lowest BCUT2D eigenvalue weighted by atomic mass is 10.0. The minimum Gasteiger partial charge on any atom is -0.384 e. The number of nitroso groups, excluding NO2 is 1. The van der Waals surface area contributed by atoms with Crippen LogP contribution < -0.4 is 0 Å². The summed E-state index contributed by atoms with van der Waals surface area (Å²) in [5, 5.41) is 23.7. The zero-order chi connectivity index (χ0) is 18.2. The van der Waals surface area contributed by atoms with Gasteiger partial charge in [-0.15, -0.1) is 4.91 Å². The molecule has 0 aliphatic rings. The Balaban J connectivity index is 2.23. The lowest BCUT2D eigenvalue weighted by Gasteiger charge is -2.18. The Morgan fingerprint density at radius 3 is 2.68 bits per heavy atom. The molecule has 0 atom stereocenters. The SMILES string of the molecule is Cc1cc2[nH]c(C(C)(C)O)c(Sc3cccc(N=O)c3)c2cc1C#N. The number of aromatic nitrogens is 1. The van der Waals surface area contributed by atoms with Gasteiger partial charge in [0.05, 0.1) is 22.9 Å². The van der Waals surface area contributed by atoms with E-state index in [1.54, 1.807) is 32.0 Å². The van der Waals surface area contributed by atoms with Crippen LogP contribution in [0.5, 0.6) is 0 Å². The normalized spacial score (nSPS) is 11.5. The van der Waals surface area contributed by atoms with E-state index in [0.717, 1.165) is 26.3 Å². The van der Waals surface area contributed by atoms with Gasteiger partial charge in [0, 0.05) is 20.7 Å². The van der Waals surface area contributed by atoms with Crippen LogP contribution in [0.4, 0.5) is 5.69 Å². The molecular formula is C19H17N3O2S. The molecule has 0 fully saturated rings. The Kier molecular flexibility index (Phi) is 4.38. The third-order valence-corrected chi connectivity index (χ3v) is 5.09. The molecular weight excluding hydrogens is 334 g/mol. The highest BCUT2D eigenvalue weighted by Gasteiger charge is 2.25. The molecule has 3 rings (SSSR count). The third kappa shape index (κ3) is 3.29. The summed E-state index contributed by atoms with van der Waals surface area (Å²) in [7, 11) is 0. The molecule has 25 heavy (non-hydrogen) atoms. The van der Waals surface area contributed by atoms with Gasteiger partial charge >= 0.3 is 0 Å². The van der Waals surface area contributed by atoms with E-state index in [1.807, 2.05) is 25.1 Å². The summed E-state index contributed by atoms with van der Waals surface area (Å²) in [6.07, 6.45) is 0. The second kappa shape index (κ2) is 6.36. The Morgan fingerprint density at radius 2 is 2.04 bits per heavy atom. The Hall–Kier alpha value is -2.62. The number of aliphatic hydroxyl groups is 1. The van der Waals surface area contributed by atoms with Gasteiger partial charge in [-0.05, 0) is 61.8 Å². The van der Waals surface area contributed by atoms with E-state index in [2.05, 4.69) is 16.2 Å². The van der Waals surface area contributed by atoms with Crippen molar-refractivity contribution in [2.75, 3.05) is 0 Å². The number of nitrogens with one attached hydrogen (secondary N) is 1. The quantitative estimate of drug-likeness (QED) is 0.638. The molecule has 2 N–H and O–H groups in total. The zero-order valence-electron chi connectivity index (χ0n) is 14.1. The fourth-order valence-electron chi connectivity index (χ4n) is 2.70. The van der Waals surface area contributed by atoms with Gasteiger partial charge in [-0.2, -0.15) is 5.26 Å². The van der Waals surface area contributed by atoms with Crippen molar-refractivity contribution >= 4 is 28.4 Å². The van der Waals surface area contributed by atoms with Gasteiger partial charge in [0.1, 0.15) is 5.69 Å². The van der Waals surface area contributed by atoms with Crippen LogP contribution in [0.1, 0.15) is 30.7 Å². The predicted molar refractivity (Wildman–Crippen MR) is 99.0 cm³/mol. The van der Waals surface area contributed by atoms with Crippen LogP contribution >= 0.6 is 11.8 Å². The number of H-pyrrole nitrogens is 1. The number of fused-ring (bicyclic) bond motifs is 1. The average Bonchev–Trinajstić information content (AvgIpc) is 2.92. The van der Waals surface area contributed by atoms with E-state index in [-0.39, 0.29) is 0 Å². The highest BCUT2D eigenvalue weighted by molar-refractivity contribution is 7.99. The largest absolute Gasteiger partial charge is 0.384 e. The summed E-state index contributed by atoms with van der Waals surface area (Å²) >= 11 is 1.43. The molecule has 1 aromatic heterocycles. The highest BCUT2D eigenvalue weighted by Crippen LogP contribution is 2.42. The van der Waals surface area contributed by atoms with Crippen molar-refractivity contribution in [3.8, 4) is 6.07 Å². The van der Waals surface area contributed by atoms with Crippen molar-refractivity contribution in [3.05, 3.63) is 58.1 Å². The summed E-state index contributed by atoms with van der Waals surface area (Å²) in [4.78, 5) is 15.7. The van der Waals surface area contributed by atoms with E-state index in [9.17, 15) is 15.3 Å². The first kappa shape index (κ1) is 17.2. The van der Waals surface area contributed by atoms with E-state index < -0.39 is 5.60 Å². The summed E-state index contributed by atoms with van der Waals surface area (Å²) in [5.41, 5.74) is 2.28. The zero-order valence-corrected chi connectivity index (χ0v) is 14.9. The Morgan fingerprint density at radius 1 is 1.28 bits per heavy atom. The number of nitriles is 1. The Bertz CT molecular complexity index is 1010. The van der Waals surface area contributed by atoms with Gasteiger partial charge < -0.3 is 10.1 Å². The standard InChI is InChI=1S/C19H17N3O2S/c1-11-7-16-15(8-12(11)10-20)17(18(21-16)19(2,3)23)25-14-6-4-5-13(9-14)22-24/h4-9,21,23H,1-3H3. The maximum atomic E-state index is 10.8. The molecule has 5 nitrogen and oxygen atoms in total. The highest BCUT2D eigenvalue weighted by atomic mass is 32.2. The summed E-state index contributed by atoms with van der Waals surface area (Å²) in [6, 6.07) is 12.9. The molecule has 0 radical (unpaired) electrons. The minimum absolute atomic E-state index is 0.350. The molecule has 0 unspecified atom stereocenters. The third-order valence-electron chi connectivity index (χ3n) is 3.97. The smallest absolute Gasteiger partial charge is 0.109 e. The molecule has 0 aliphatic heterocycles. The number of benzene rings is 2. The van der Waals surface area contributed by atoms with Gasteiger partial charge in [0.25, 0.3) is 0 Å². The molecule has 2 aromatic carbocycles. The van der Waals surface area contributed by atoms with Crippen molar-refractivity contribution < 1.29 is 5.11 Å². The average molecular weight is 351 g/mol. The molecule has 1 heterocycles. The number of aryl methyl sites for hydroxylation is 1. The summed E-state index contributed by atoms with van der Waals surface area (Å²) in [5.74, 6) is 0. The van der Waals surface area contributed by atoms with Gasteiger partial charge in [0.15, 0.2) is 0 Å². The van der Waals surface area contributed by atoms with Crippen LogP contribution in [-0.2, 0) is 5.60 Å². The molecule has 0 spiro atoms. The van der Waals surface area contributed by atoms with E-state index in [0.29, 0.717) is 16.9 Å². The molecule has 0 saturated heterocycles. The van der Waals surface area contributed by atoms with E-state index in [1.165, 1.54) is 11.8 Å². The summed E-state index contributed by atoms with van der Waals surface area (Å²) in [6.45, 7) is 5.31. The molecule has 126 valence electrons. The van der Waals surface area contributed by atoms with Gasteiger partial charge in [0.2, 0.25) is 0 Å². The topological polar surface area (TPSA) is 89.2 Å². The number of hydrogen-bond acceptors (Lipinski definition) is 5. The molecule has 0 amide bonds. The van der Waals surface area contributed by atoms with Gasteiger partial charge in [-0.3, -0.25) is 0 Å². The maximum Gasteiger partial charge on any atom is 0.109 e. The second-order valence-electron chi connectivity index (χ2n) is 6.40. The lowest BCUT2D eigenvalue weighted by molar-refractivity contribution is 0.0719. The van der Waals surface area contributed by atoms with Crippen molar-refractivity contribution in [1.82, 2.24) is 4.98 Å². The van der Waals surface area contributed by atoms with E-state index >= 15 is 0 Å². The Labute approximate surface area is 149 Å². The molecule has 0 saturated carbocycles. The van der Waals surface area contributed by atoms with E-state index in [4.69, 9.17) is 0 Å². The van der Waals surface area contributed by atoms with Crippen LogP contribution in [0.3, 0.4) is 0 Å². The molecule has 3 aromatic rings. The first-order chi connectivity index (χ1) is 11.8. The fraction of sp³-hybridized carbons (Fsp3) is 0.211. The van der Waals surface area contributed by atoms with Crippen LogP contribution in [0.15, 0.2) is 51.4 Å². The van der Waals surface area contributed by atoms with Crippen LogP contribution in [-0.4, -0.2) is 10.1 Å². The van der Waals surface area contributed by atoms with Gasteiger partial charge in [-0.1, -0.05) is 17.8 Å². The van der Waals surface area contributed by atoms with Crippen LogP contribution in [0, 0.1) is 23.2 Å². The fourth-order valence-corrected chi connectivity index (χ4v) is 3.95. The molecule has 0 aliphatic carbocycles. The number of nitrogens with zero attached hydrogens (tertiary/aromatic N) is 2. The molecule has 0 bridgehead atoms. The maximum absolute atomic E-state index is 10.8. The number of rotatable bonds is 4. The van der Waals surface area contributed by atoms with Crippen LogP contribution in [0.25, 0.3) is 10.9 Å². The number of aromatic amines is 1. The summed E-state index contributed by atoms with van der Waals surface area (Å²) < 4.78 is 0. The number of hydrogen-bond donors (Lipinski definition) is 2. The first-order valence-electron chi connectivity index (χ1n) is 7.74. The predicted octanol–water partition coefficient (Wildman–Crippen LogP) is 5.12. The van der Waals surface area contributed by atoms with Crippen molar-refractivity contribution in [3.63, 3.8) is 0 Å². The molecule has 6 heteroatoms. The minimum atomic E-state index is -1.08.